The van der Waals surface area contributed by atoms with Crippen molar-refractivity contribution in [2.75, 3.05) is 37.7 Å². The summed E-state index contributed by atoms with van der Waals surface area (Å²) in [5, 5.41) is 3.37. The van der Waals surface area contributed by atoms with Gasteiger partial charge in [-0.2, -0.15) is 0 Å². The average molecular weight is 248 g/mol. The number of ether oxygens (including phenoxy) is 1. The molecule has 0 aromatic heterocycles. The van der Waals surface area contributed by atoms with Gasteiger partial charge in [-0.25, -0.2) is 0 Å². The molecule has 1 N–H and O–H groups in total. The number of nitrogens with one attached hydrogen (secondary N) is 1. The highest BCUT2D eigenvalue weighted by Gasteiger charge is 2.10. The predicted molar refractivity (Wildman–Crippen MR) is 76.5 cm³/mol. The molecule has 0 bridgehead atoms. The van der Waals surface area contributed by atoms with Gasteiger partial charge >= 0.3 is 0 Å². The van der Waals surface area contributed by atoms with Gasteiger partial charge in [-0.1, -0.05) is 26.3 Å². The van der Waals surface area contributed by atoms with E-state index in [4.69, 9.17) is 4.74 Å². The summed E-state index contributed by atoms with van der Waals surface area (Å²) < 4.78 is 5.85. The molecule has 3 heteroatoms. The Kier molecular flexibility index (Phi) is 4.88. The van der Waals surface area contributed by atoms with Crippen LogP contribution in [0.2, 0.25) is 0 Å². The summed E-state index contributed by atoms with van der Waals surface area (Å²) in [6.45, 7) is 9.52. The molecule has 100 valence electrons. The van der Waals surface area contributed by atoms with Crippen molar-refractivity contribution in [3.63, 3.8) is 0 Å². The smallest absolute Gasteiger partial charge is 0.121 e. The summed E-state index contributed by atoms with van der Waals surface area (Å²) in [6.07, 6.45) is 1.16. The van der Waals surface area contributed by atoms with E-state index in [-0.39, 0.29) is 0 Å². The van der Waals surface area contributed by atoms with E-state index in [1.807, 2.05) is 6.07 Å². The van der Waals surface area contributed by atoms with Crippen molar-refractivity contribution in [1.82, 2.24) is 5.32 Å². The van der Waals surface area contributed by atoms with Crippen molar-refractivity contribution in [1.29, 1.82) is 0 Å². The van der Waals surface area contributed by atoms with Crippen LogP contribution >= 0.6 is 0 Å². The van der Waals surface area contributed by atoms with Gasteiger partial charge in [-0.3, -0.25) is 0 Å². The van der Waals surface area contributed by atoms with Gasteiger partial charge in [0.1, 0.15) is 5.75 Å². The Hall–Kier alpha value is -1.22. The zero-order valence-electron chi connectivity index (χ0n) is 11.5. The summed E-state index contributed by atoms with van der Waals surface area (Å²) in [5.74, 6) is 1.61. The molecular weight excluding hydrogens is 224 g/mol. The first kappa shape index (κ1) is 13.2. The van der Waals surface area contributed by atoms with Crippen LogP contribution in [0, 0.1) is 5.92 Å². The number of hydrogen-bond donors (Lipinski definition) is 1. The standard InChI is InChI=1S/C15H24N2O/c1-3-13(2)12-18-15-6-4-5-14(11-15)17-9-7-16-8-10-17/h4-6,11,13,16H,3,7-10,12H2,1-2H3. The Labute approximate surface area is 110 Å². The van der Waals surface area contributed by atoms with Crippen molar-refractivity contribution in [3.8, 4) is 5.75 Å². The van der Waals surface area contributed by atoms with Gasteiger partial charge in [0.05, 0.1) is 6.61 Å². The van der Waals surface area contributed by atoms with Crippen LogP contribution in [-0.4, -0.2) is 32.8 Å². The van der Waals surface area contributed by atoms with E-state index in [0.29, 0.717) is 5.92 Å². The maximum absolute atomic E-state index is 5.85. The molecule has 1 heterocycles. The second-order valence-corrected chi connectivity index (χ2v) is 5.06. The molecule has 0 spiro atoms. The number of benzene rings is 1. The molecule has 1 fully saturated rings. The summed E-state index contributed by atoms with van der Waals surface area (Å²) >= 11 is 0. The van der Waals surface area contributed by atoms with Crippen molar-refractivity contribution in [2.24, 2.45) is 5.92 Å². The Morgan fingerprint density at radius 1 is 1.33 bits per heavy atom. The molecule has 1 aliphatic heterocycles. The minimum Gasteiger partial charge on any atom is -0.493 e. The van der Waals surface area contributed by atoms with Crippen molar-refractivity contribution >= 4 is 5.69 Å². The maximum atomic E-state index is 5.85. The highest BCUT2D eigenvalue weighted by Crippen LogP contribution is 2.22. The van der Waals surface area contributed by atoms with E-state index in [1.54, 1.807) is 0 Å². The Morgan fingerprint density at radius 3 is 2.83 bits per heavy atom. The van der Waals surface area contributed by atoms with Crippen LogP contribution in [-0.2, 0) is 0 Å². The number of piperazine rings is 1. The van der Waals surface area contributed by atoms with Crippen LogP contribution in [0.5, 0.6) is 5.75 Å². The Balaban J connectivity index is 1.96. The average Bonchev–Trinajstić information content (AvgIpc) is 2.46. The topological polar surface area (TPSA) is 24.5 Å². The molecule has 0 saturated carbocycles. The first-order valence-electron chi connectivity index (χ1n) is 6.98. The normalized spacial score (nSPS) is 17.6. The third-order valence-corrected chi connectivity index (χ3v) is 3.53. The fourth-order valence-corrected chi connectivity index (χ4v) is 2.05. The zero-order chi connectivity index (χ0) is 12.8. The Bertz CT molecular complexity index is 361. The van der Waals surface area contributed by atoms with Gasteiger partial charge in [0, 0.05) is 37.9 Å². The molecule has 1 aromatic rings. The molecule has 3 nitrogen and oxygen atoms in total. The van der Waals surface area contributed by atoms with Crippen molar-refractivity contribution < 1.29 is 4.74 Å². The Morgan fingerprint density at radius 2 is 2.11 bits per heavy atom. The SMILES string of the molecule is CCC(C)COc1cccc(N2CCNCC2)c1. The number of anilines is 1. The van der Waals surface area contributed by atoms with Gasteiger partial charge in [-0.05, 0) is 18.1 Å². The van der Waals surface area contributed by atoms with Crippen LogP contribution in [0.15, 0.2) is 24.3 Å². The van der Waals surface area contributed by atoms with E-state index >= 15 is 0 Å². The predicted octanol–water partition coefficient (Wildman–Crippen LogP) is 2.52. The lowest BCUT2D eigenvalue weighted by Crippen LogP contribution is -2.43. The van der Waals surface area contributed by atoms with Gasteiger partial charge in [0.2, 0.25) is 0 Å². The summed E-state index contributed by atoms with van der Waals surface area (Å²) in [4.78, 5) is 2.41. The first-order valence-corrected chi connectivity index (χ1v) is 6.98. The molecule has 1 aromatic carbocycles. The maximum Gasteiger partial charge on any atom is 0.121 e. The fraction of sp³-hybridized carbons (Fsp3) is 0.600. The molecule has 2 rings (SSSR count). The largest absolute Gasteiger partial charge is 0.493 e. The second kappa shape index (κ2) is 6.64. The molecule has 1 atom stereocenters. The summed E-state index contributed by atoms with van der Waals surface area (Å²) in [5.41, 5.74) is 1.28. The van der Waals surface area contributed by atoms with Crippen molar-refractivity contribution in [2.45, 2.75) is 20.3 Å². The van der Waals surface area contributed by atoms with Crippen LogP contribution < -0.4 is 15.0 Å². The van der Waals surface area contributed by atoms with Gasteiger partial charge in [0.25, 0.3) is 0 Å². The van der Waals surface area contributed by atoms with Crippen LogP contribution in [0.25, 0.3) is 0 Å². The molecule has 0 amide bonds. The molecule has 1 aliphatic rings. The lowest BCUT2D eigenvalue weighted by atomic mass is 10.1. The molecule has 1 unspecified atom stereocenters. The lowest BCUT2D eigenvalue weighted by molar-refractivity contribution is 0.256. The molecule has 1 saturated heterocycles. The second-order valence-electron chi connectivity index (χ2n) is 5.06. The van der Waals surface area contributed by atoms with E-state index in [1.165, 1.54) is 5.69 Å². The monoisotopic (exact) mass is 248 g/mol. The summed E-state index contributed by atoms with van der Waals surface area (Å²) in [7, 11) is 0. The number of nitrogens with zero attached hydrogens (tertiary/aromatic N) is 1. The van der Waals surface area contributed by atoms with Crippen molar-refractivity contribution in [3.05, 3.63) is 24.3 Å². The van der Waals surface area contributed by atoms with E-state index in [9.17, 15) is 0 Å². The van der Waals surface area contributed by atoms with E-state index in [0.717, 1.165) is 45.0 Å². The highest BCUT2D eigenvalue weighted by atomic mass is 16.5. The molecule has 0 radical (unpaired) electrons. The lowest BCUT2D eigenvalue weighted by Gasteiger charge is -2.29. The van der Waals surface area contributed by atoms with Gasteiger partial charge in [0.15, 0.2) is 0 Å². The van der Waals surface area contributed by atoms with Crippen LogP contribution in [0.3, 0.4) is 0 Å². The molecule has 0 aliphatic carbocycles. The number of hydrogen-bond acceptors (Lipinski definition) is 3. The highest BCUT2D eigenvalue weighted by molar-refractivity contribution is 5.51. The van der Waals surface area contributed by atoms with E-state index in [2.05, 4.69) is 42.3 Å². The van der Waals surface area contributed by atoms with Crippen LogP contribution in [0.1, 0.15) is 20.3 Å². The minimum atomic E-state index is 0.618. The minimum absolute atomic E-state index is 0.618. The quantitative estimate of drug-likeness (QED) is 0.866. The first-order chi connectivity index (χ1) is 8.79. The third-order valence-electron chi connectivity index (χ3n) is 3.53. The zero-order valence-corrected chi connectivity index (χ0v) is 11.5. The van der Waals surface area contributed by atoms with Gasteiger partial charge < -0.3 is 15.0 Å². The fourth-order valence-electron chi connectivity index (χ4n) is 2.05. The molecule has 18 heavy (non-hydrogen) atoms. The van der Waals surface area contributed by atoms with Crippen LogP contribution in [0.4, 0.5) is 5.69 Å². The third kappa shape index (κ3) is 3.64. The molecular formula is C15H24N2O. The van der Waals surface area contributed by atoms with E-state index < -0.39 is 0 Å². The number of rotatable bonds is 5. The van der Waals surface area contributed by atoms with Gasteiger partial charge in [-0.15, -0.1) is 0 Å². The summed E-state index contributed by atoms with van der Waals surface area (Å²) in [6, 6.07) is 8.46.